The number of carboxylic acids is 1. The number of rotatable bonds is 128. The number of hydrogen-bond donors (Lipinski definition) is 3. The minimum absolute atomic E-state index is 0.0129. The van der Waals surface area contributed by atoms with Gasteiger partial charge in [-0.15, -0.1) is 0 Å². The summed E-state index contributed by atoms with van der Waals surface area (Å²) in [6, 6.07) is -0.896. The van der Waals surface area contributed by atoms with Crippen LogP contribution in [0.3, 0.4) is 0 Å². The predicted molar refractivity (Wildman–Crippen MR) is 526 cm³/mol. The monoisotopic (exact) mass is 2070 g/mol. The number of unbranched alkanes of at least 4 members (excludes halogenated alkanes) is 12. The van der Waals surface area contributed by atoms with E-state index in [2.05, 4.69) is 17.6 Å². The van der Waals surface area contributed by atoms with Crippen molar-refractivity contribution in [3.8, 4) is 0 Å². The van der Waals surface area contributed by atoms with Crippen molar-refractivity contribution < 1.29 is 195 Å². The average molecular weight is 2070 g/mol. The molecule has 0 aliphatic heterocycles. The fourth-order valence-corrected chi connectivity index (χ4v) is 11.7. The van der Waals surface area contributed by atoms with Crippen LogP contribution in [0.2, 0.25) is 0 Å². The van der Waals surface area contributed by atoms with Crippen LogP contribution < -0.4 is 10.6 Å². The Hall–Kier alpha value is -3.52. The van der Waals surface area contributed by atoms with E-state index >= 15 is 0 Å². The summed E-state index contributed by atoms with van der Waals surface area (Å²) in [5, 5.41) is 14.2. The molecule has 0 aliphatic carbocycles. The van der Waals surface area contributed by atoms with Gasteiger partial charge in [0.1, 0.15) is 11.6 Å². The fraction of sp³-hybridized carbons (Fsp3) is 0.960. The normalized spacial score (nSPS) is 12.0. The van der Waals surface area contributed by atoms with E-state index in [1.165, 1.54) is 51.4 Å². The molecule has 43 nitrogen and oxygen atoms in total. The minimum Gasteiger partial charge on any atom is -0.481 e. The lowest BCUT2D eigenvalue weighted by molar-refractivity contribution is -0.159. The lowest BCUT2D eigenvalue weighted by Crippen LogP contribution is -2.44. The van der Waals surface area contributed by atoms with Crippen LogP contribution >= 0.6 is 0 Å². The topological polar surface area (TPSA) is 445 Å². The zero-order chi connectivity index (χ0) is 102. The molecule has 0 aromatic heterocycles. The van der Waals surface area contributed by atoms with Gasteiger partial charge in [-0.25, -0.2) is 4.79 Å². The van der Waals surface area contributed by atoms with Crippen LogP contribution in [0.4, 0.5) is 0 Å². The van der Waals surface area contributed by atoms with Crippen LogP contribution in [0.15, 0.2) is 0 Å². The van der Waals surface area contributed by atoms with Gasteiger partial charge in [0.25, 0.3) is 0 Å². The van der Waals surface area contributed by atoms with Gasteiger partial charge >= 0.3 is 11.9 Å². The summed E-state index contributed by atoms with van der Waals surface area (Å²) in [5.41, 5.74) is -0.718. The number of carboxylic acid groups (broad SMARTS) is 1. The Bertz CT molecular complexity index is 2410. The van der Waals surface area contributed by atoms with E-state index in [4.69, 9.17) is 176 Å². The van der Waals surface area contributed by atoms with Crippen molar-refractivity contribution in [2.45, 2.75) is 155 Å². The molecular formula is C99H194N2O41. The molecule has 0 saturated carbocycles. The van der Waals surface area contributed by atoms with Crippen molar-refractivity contribution in [2.75, 3.05) is 469 Å². The lowest BCUT2D eigenvalue weighted by atomic mass is 10.0. The second-order valence-corrected chi connectivity index (χ2v) is 32.5. The Kier molecular flexibility index (Phi) is 120. The first-order chi connectivity index (χ1) is 70.0. The first-order valence-electron chi connectivity index (χ1n) is 52.3. The summed E-state index contributed by atoms with van der Waals surface area (Å²) in [7, 11) is 0. The molecule has 846 valence electrons. The molecule has 0 aliphatic rings. The third kappa shape index (κ3) is 125. The van der Waals surface area contributed by atoms with Crippen LogP contribution in [-0.4, -0.2) is 510 Å². The van der Waals surface area contributed by atoms with Crippen LogP contribution in [0, 0.1) is 0 Å². The molecule has 0 heterocycles. The number of esters is 1. The zero-order valence-corrected chi connectivity index (χ0v) is 87.8. The van der Waals surface area contributed by atoms with Crippen molar-refractivity contribution in [1.29, 1.82) is 0 Å². The third-order valence-electron chi connectivity index (χ3n) is 19.1. The minimum atomic E-state index is -0.896. The number of amides is 2. The molecule has 0 fully saturated rings. The van der Waals surface area contributed by atoms with E-state index in [0.717, 1.165) is 38.5 Å². The second-order valence-electron chi connectivity index (χ2n) is 32.5. The van der Waals surface area contributed by atoms with Gasteiger partial charge in [-0.05, 0) is 52.9 Å². The number of ether oxygens (including phenoxy) is 36. The van der Waals surface area contributed by atoms with Crippen LogP contribution in [-0.2, 0) is 190 Å². The standard InChI is InChI=1S/C99H194N2O41/c1-5-6-7-8-9-10-11-12-13-14-16-19-96(103)101-94(98(106)142-99(2,3)4)20-21-95(102)100-23-27-110-31-35-114-39-43-118-47-51-122-55-59-126-63-67-130-71-75-134-79-81-136-83-85-138-87-89-140-91-93-141-92-90-139-88-86-137-84-82-135-80-77-132-73-69-128-65-61-124-57-53-120-49-45-116-41-37-112-33-29-108-25-18-15-17-24-107-28-32-111-36-40-115-44-48-119-52-56-123-60-64-127-68-72-131-76-78-133-74-70-129-66-62-125-58-54-121-50-46-117-42-38-113-34-30-109-26-22-97(104)105/h94H,5-93H2,1-4H3,(H,100,102)(H,101,103)(H,104,105)/t94-/m0/s1. The molecule has 0 rings (SSSR count). The molecule has 3 N–H and O–H groups in total. The Morgan fingerprint density at radius 3 is 0.556 bits per heavy atom. The largest absolute Gasteiger partial charge is 0.481 e. The van der Waals surface area contributed by atoms with Crippen molar-refractivity contribution in [1.82, 2.24) is 10.6 Å². The molecule has 0 bridgehead atoms. The zero-order valence-electron chi connectivity index (χ0n) is 87.8. The molecule has 0 aromatic carbocycles. The highest BCUT2D eigenvalue weighted by Crippen LogP contribution is 2.15. The fourth-order valence-electron chi connectivity index (χ4n) is 11.7. The highest BCUT2D eigenvalue weighted by Gasteiger charge is 2.27. The van der Waals surface area contributed by atoms with Gasteiger partial charge in [0.2, 0.25) is 11.8 Å². The quantitative estimate of drug-likeness (QED) is 0.0424. The molecule has 43 heteroatoms. The lowest BCUT2D eigenvalue weighted by Gasteiger charge is -2.24. The van der Waals surface area contributed by atoms with Crippen molar-refractivity contribution in [2.24, 2.45) is 0 Å². The highest BCUT2D eigenvalue weighted by molar-refractivity contribution is 5.85. The maximum atomic E-state index is 12.9. The van der Waals surface area contributed by atoms with Gasteiger partial charge in [0.05, 0.1) is 456 Å². The molecule has 2 amide bonds. The van der Waals surface area contributed by atoms with Crippen LogP contribution in [0.5, 0.6) is 0 Å². The van der Waals surface area contributed by atoms with E-state index in [1.54, 1.807) is 20.8 Å². The van der Waals surface area contributed by atoms with E-state index < -0.39 is 23.6 Å². The third-order valence-corrected chi connectivity index (χ3v) is 19.1. The number of nitrogens with one attached hydrogen (secondary N) is 2. The summed E-state index contributed by atoms with van der Waals surface area (Å²) in [6.45, 7) is 40.6. The van der Waals surface area contributed by atoms with E-state index in [-0.39, 0.29) is 37.7 Å². The van der Waals surface area contributed by atoms with E-state index in [9.17, 15) is 19.2 Å². The Morgan fingerprint density at radius 1 is 0.197 bits per heavy atom. The van der Waals surface area contributed by atoms with Crippen molar-refractivity contribution in [3.63, 3.8) is 0 Å². The summed E-state index contributed by atoms with van der Waals surface area (Å²) in [6.07, 6.45) is 16.6. The van der Waals surface area contributed by atoms with Crippen molar-refractivity contribution in [3.05, 3.63) is 0 Å². The van der Waals surface area contributed by atoms with Gasteiger partial charge in [0.15, 0.2) is 0 Å². The first kappa shape index (κ1) is 138. The molecule has 0 unspecified atom stereocenters. The van der Waals surface area contributed by atoms with Gasteiger partial charge in [-0.3, -0.25) is 14.4 Å². The van der Waals surface area contributed by atoms with E-state index in [1.807, 2.05) is 0 Å². The molecule has 0 spiro atoms. The SMILES string of the molecule is CCCCCCCCCCCCCC(=O)N[C@@H](CCC(=O)NCCOCCOCCOCCOCCOCCOCCOCCOCCOCCOCCOCCOCCOCCOCCOCCOCCOCCOCCOCCOCCOCCCCCOCCOCCOCCOCCOCCOCCOCCOCCOCCOCCOCCOCCOCCOCCC(=O)O)C(=O)OC(C)(C)C. The average Bonchev–Trinajstić information content (AvgIpc) is 0.886. The molecule has 0 radical (unpaired) electrons. The number of aliphatic carboxylic acids is 1. The van der Waals surface area contributed by atoms with Gasteiger partial charge in [0, 0.05) is 32.6 Å². The maximum Gasteiger partial charge on any atom is 0.329 e. The Labute approximate surface area is 849 Å². The summed E-state index contributed by atoms with van der Waals surface area (Å²) in [5.74, 6) is -1.86. The smallest absolute Gasteiger partial charge is 0.329 e. The van der Waals surface area contributed by atoms with Crippen molar-refractivity contribution >= 4 is 23.8 Å². The molecule has 142 heavy (non-hydrogen) atoms. The summed E-state index contributed by atoms with van der Waals surface area (Å²) in [4.78, 5) is 48.7. The van der Waals surface area contributed by atoms with E-state index in [0.29, 0.717) is 469 Å². The highest BCUT2D eigenvalue weighted by atomic mass is 16.6. The Balaban J connectivity index is 3.22. The summed E-state index contributed by atoms with van der Waals surface area (Å²) >= 11 is 0. The maximum absolute atomic E-state index is 12.9. The molecule has 0 aromatic rings. The molecule has 1 atom stereocenters. The van der Waals surface area contributed by atoms with Crippen LogP contribution in [0.1, 0.15) is 143 Å². The van der Waals surface area contributed by atoms with Gasteiger partial charge in [-0.2, -0.15) is 0 Å². The number of hydrogen-bond acceptors (Lipinski definition) is 40. The first-order valence-corrected chi connectivity index (χ1v) is 52.3. The summed E-state index contributed by atoms with van der Waals surface area (Å²) < 4.78 is 199. The molecular weight excluding hydrogens is 1870 g/mol. The number of carbonyl (C=O) groups excluding carboxylic acids is 3. The predicted octanol–water partition coefficient (Wildman–Crippen LogP) is 6.64. The Morgan fingerprint density at radius 2 is 0.366 bits per heavy atom. The van der Waals surface area contributed by atoms with Crippen LogP contribution in [0.25, 0.3) is 0 Å². The van der Waals surface area contributed by atoms with Gasteiger partial charge < -0.3 is 186 Å². The van der Waals surface area contributed by atoms with Gasteiger partial charge in [-0.1, -0.05) is 71.1 Å². The second kappa shape index (κ2) is 123. The number of carbonyl (C=O) groups is 4. The molecule has 0 saturated heterocycles.